The molecule has 0 spiro atoms. The van der Waals surface area contributed by atoms with Crippen LogP contribution in [-0.2, 0) is 29.2 Å². The fraction of sp³-hybridized carbons (Fsp3) is 0.488. The summed E-state index contributed by atoms with van der Waals surface area (Å²) in [6, 6.07) is 13.3. The van der Waals surface area contributed by atoms with Gasteiger partial charge >= 0.3 is 6.03 Å². The number of urea groups is 1. The molecule has 2 aliphatic heterocycles. The van der Waals surface area contributed by atoms with Gasteiger partial charge in [0.2, 0.25) is 5.91 Å². The first-order chi connectivity index (χ1) is 25.8. The second-order valence-electron chi connectivity index (χ2n) is 14.6. The number of amides is 3. The van der Waals surface area contributed by atoms with Gasteiger partial charge in [-0.1, -0.05) is 31.5 Å². The highest BCUT2D eigenvalue weighted by molar-refractivity contribution is 5.96. The molecule has 0 bridgehead atoms. The molecule has 0 unspecified atom stereocenters. The van der Waals surface area contributed by atoms with E-state index in [1.165, 1.54) is 4.90 Å². The van der Waals surface area contributed by atoms with Gasteiger partial charge in [-0.15, -0.1) is 0 Å². The van der Waals surface area contributed by atoms with Crippen LogP contribution in [0.5, 0.6) is 5.75 Å². The Balaban J connectivity index is 0.845. The van der Waals surface area contributed by atoms with Crippen LogP contribution in [0.15, 0.2) is 76.8 Å². The second-order valence-corrected chi connectivity index (χ2v) is 14.6. The Labute approximate surface area is 309 Å². The van der Waals surface area contributed by atoms with Crippen molar-refractivity contribution in [2.45, 2.75) is 103 Å². The summed E-state index contributed by atoms with van der Waals surface area (Å²) in [4.78, 5) is 57.9. The van der Waals surface area contributed by atoms with Gasteiger partial charge in [-0.25, -0.2) is 4.79 Å². The maximum absolute atomic E-state index is 13.1. The normalized spacial score (nSPS) is 20.1. The van der Waals surface area contributed by atoms with E-state index < -0.39 is 6.03 Å². The van der Waals surface area contributed by atoms with Crippen LogP contribution in [0.1, 0.15) is 70.3 Å². The van der Waals surface area contributed by atoms with E-state index in [2.05, 4.69) is 34.3 Å². The number of ether oxygens (including phenoxy) is 2. The zero-order valence-corrected chi connectivity index (χ0v) is 30.6. The van der Waals surface area contributed by atoms with Gasteiger partial charge in [0.25, 0.3) is 11.1 Å². The summed E-state index contributed by atoms with van der Waals surface area (Å²) >= 11 is 0. The number of nitrogens with one attached hydrogen (secondary N) is 1. The highest BCUT2D eigenvalue weighted by Crippen LogP contribution is 2.31. The van der Waals surface area contributed by atoms with Crippen molar-refractivity contribution in [1.29, 1.82) is 0 Å². The van der Waals surface area contributed by atoms with E-state index in [0.29, 0.717) is 30.6 Å². The molecule has 12 nitrogen and oxygen atoms in total. The summed E-state index contributed by atoms with van der Waals surface area (Å²) in [5, 5.41) is 3.87. The molecule has 1 saturated carbocycles. The first kappa shape index (κ1) is 36.5. The summed E-state index contributed by atoms with van der Waals surface area (Å²) in [7, 11) is 0. The van der Waals surface area contributed by atoms with Crippen molar-refractivity contribution in [3.05, 3.63) is 93.5 Å². The Morgan fingerprint density at radius 2 is 1.55 bits per heavy atom. The molecule has 3 aromatic heterocycles. The van der Waals surface area contributed by atoms with Crippen molar-refractivity contribution in [1.82, 2.24) is 29.2 Å². The lowest BCUT2D eigenvalue weighted by Gasteiger charge is -2.36. The average molecular weight is 723 g/mol. The molecule has 3 amide bonds. The Hall–Kier alpha value is -4.81. The number of hydrogen-bond donors (Lipinski definition) is 1. The molecule has 280 valence electrons. The lowest BCUT2D eigenvalue weighted by Crippen LogP contribution is -2.49. The van der Waals surface area contributed by atoms with Crippen molar-refractivity contribution in [3.8, 4) is 16.9 Å². The lowest BCUT2D eigenvalue weighted by atomic mass is 9.94. The molecule has 3 fully saturated rings. The second kappa shape index (κ2) is 16.9. The predicted molar refractivity (Wildman–Crippen MR) is 203 cm³/mol. The van der Waals surface area contributed by atoms with Crippen LogP contribution in [0.4, 0.5) is 4.79 Å². The van der Waals surface area contributed by atoms with Crippen LogP contribution in [-0.4, -0.2) is 80.3 Å². The fourth-order valence-corrected chi connectivity index (χ4v) is 7.78. The Morgan fingerprint density at radius 1 is 0.792 bits per heavy atom. The molecular weight excluding hydrogens is 672 g/mol. The standard InChI is InChI=1S/C41H50N6O6/c1-2-3-19-46-28-37(35-14-18-42-26-36(35)40(46)50)29-6-8-31(9-7-29)52-32-10-12-33(13-11-32)53-34-15-21-44(22-16-34)24-25-45-20-4-5-30(39(45)49)27-47-23-17-38(48)43-41(47)51/h4-9,14,18,20,26,28,32-34H,2-3,10-13,15-17,19,21-25,27H2,1H3,(H,43,48,51)/t32-,33+. The highest BCUT2D eigenvalue weighted by Gasteiger charge is 2.28. The zero-order chi connectivity index (χ0) is 36.7. The SMILES string of the molecule is CCCCn1cc(-c2ccc(O[C@H]3CC[C@@H](OC4CCN(CCn5cccc(CN6CCC(=O)NC6=O)c5=O)CC4)CC3)cc2)c2ccncc2c1=O. The molecule has 1 N–H and O–H groups in total. The maximum atomic E-state index is 13.1. The van der Waals surface area contributed by atoms with Crippen LogP contribution in [0.2, 0.25) is 0 Å². The molecular formula is C41H50N6O6. The first-order valence-electron chi connectivity index (χ1n) is 19.2. The van der Waals surface area contributed by atoms with Crippen LogP contribution < -0.4 is 21.2 Å². The minimum absolute atomic E-state index is 0.00751. The number of imide groups is 1. The smallest absolute Gasteiger partial charge is 0.324 e. The first-order valence-corrected chi connectivity index (χ1v) is 19.2. The summed E-state index contributed by atoms with van der Waals surface area (Å²) < 4.78 is 16.5. The minimum atomic E-state index is -0.446. The van der Waals surface area contributed by atoms with Crippen LogP contribution in [0, 0.1) is 0 Å². The zero-order valence-electron chi connectivity index (χ0n) is 30.6. The van der Waals surface area contributed by atoms with Gasteiger partial charge in [0.15, 0.2) is 0 Å². The number of carbonyl (C=O) groups excluding carboxylic acids is 2. The third kappa shape index (κ3) is 8.88. The number of nitrogens with zero attached hydrogens (tertiary/aromatic N) is 5. The van der Waals surface area contributed by atoms with Gasteiger partial charge in [-0.05, 0) is 80.2 Å². The third-order valence-corrected chi connectivity index (χ3v) is 10.9. The number of hydrogen-bond acceptors (Lipinski definition) is 8. The molecule has 5 heterocycles. The number of likely N-dealkylation sites (tertiary alicyclic amines) is 1. The Bertz CT molecular complexity index is 2010. The Morgan fingerprint density at radius 3 is 2.30 bits per heavy atom. The van der Waals surface area contributed by atoms with Crippen molar-refractivity contribution in [3.63, 3.8) is 0 Å². The third-order valence-electron chi connectivity index (χ3n) is 10.9. The average Bonchev–Trinajstić information content (AvgIpc) is 3.18. The van der Waals surface area contributed by atoms with E-state index in [1.807, 2.05) is 35.0 Å². The van der Waals surface area contributed by atoms with Gasteiger partial charge in [-0.2, -0.15) is 0 Å². The van der Waals surface area contributed by atoms with Crippen molar-refractivity contribution in [2.75, 3.05) is 26.2 Å². The number of aromatic nitrogens is 3. The molecule has 7 rings (SSSR count). The lowest BCUT2D eigenvalue weighted by molar-refractivity contribution is -0.121. The maximum Gasteiger partial charge on any atom is 0.324 e. The van der Waals surface area contributed by atoms with Gasteiger partial charge in [0, 0.05) is 81.6 Å². The molecule has 12 heteroatoms. The minimum Gasteiger partial charge on any atom is -0.490 e. The van der Waals surface area contributed by atoms with E-state index >= 15 is 0 Å². The molecule has 0 atom stereocenters. The van der Waals surface area contributed by atoms with E-state index in [-0.39, 0.29) is 48.3 Å². The van der Waals surface area contributed by atoms with Crippen molar-refractivity contribution < 1.29 is 19.1 Å². The van der Waals surface area contributed by atoms with E-state index in [1.54, 1.807) is 29.2 Å². The number of piperidine rings is 1. The summed E-state index contributed by atoms with van der Waals surface area (Å²) in [5.41, 5.74) is 2.53. The van der Waals surface area contributed by atoms with Crippen molar-refractivity contribution >= 4 is 22.7 Å². The van der Waals surface area contributed by atoms with E-state index in [4.69, 9.17) is 9.47 Å². The topological polar surface area (TPSA) is 128 Å². The monoisotopic (exact) mass is 722 g/mol. The molecule has 0 radical (unpaired) electrons. The number of pyridine rings is 3. The number of rotatable bonds is 13. The quantitative estimate of drug-likeness (QED) is 0.196. The van der Waals surface area contributed by atoms with Gasteiger partial charge in [0.05, 0.1) is 30.2 Å². The molecule has 3 aliphatic rings. The molecule has 1 aliphatic carbocycles. The van der Waals surface area contributed by atoms with Crippen LogP contribution in [0.25, 0.3) is 21.9 Å². The van der Waals surface area contributed by atoms with Crippen LogP contribution >= 0.6 is 0 Å². The Kier molecular flexibility index (Phi) is 11.7. The number of carbonyl (C=O) groups is 2. The molecule has 2 saturated heterocycles. The van der Waals surface area contributed by atoms with Crippen LogP contribution in [0.3, 0.4) is 0 Å². The van der Waals surface area contributed by atoms with E-state index in [9.17, 15) is 19.2 Å². The number of unbranched alkanes of at least 4 members (excludes halogenated alkanes) is 1. The highest BCUT2D eigenvalue weighted by atomic mass is 16.5. The number of benzene rings is 1. The van der Waals surface area contributed by atoms with Gasteiger partial charge < -0.3 is 28.4 Å². The number of aryl methyl sites for hydroxylation is 1. The van der Waals surface area contributed by atoms with E-state index in [0.717, 1.165) is 93.3 Å². The van der Waals surface area contributed by atoms with Gasteiger partial charge in [-0.3, -0.25) is 24.7 Å². The molecule has 4 aromatic rings. The molecule has 1 aromatic carbocycles. The summed E-state index contributed by atoms with van der Waals surface area (Å²) in [6.45, 7) is 6.55. The fourth-order valence-electron chi connectivity index (χ4n) is 7.78. The summed E-state index contributed by atoms with van der Waals surface area (Å²) in [6.07, 6.45) is 15.9. The number of fused-ring (bicyclic) bond motifs is 1. The molecule has 53 heavy (non-hydrogen) atoms. The largest absolute Gasteiger partial charge is 0.490 e. The summed E-state index contributed by atoms with van der Waals surface area (Å²) in [5.74, 6) is 0.577. The van der Waals surface area contributed by atoms with Crippen molar-refractivity contribution in [2.24, 2.45) is 0 Å². The predicted octanol–water partition coefficient (Wildman–Crippen LogP) is 5.34. The van der Waals surface area contributed by atoms with Gasteiger partial charge in [0.1, 0.15) is 5.75 Å².